The lowest BCUT2D eigenvalue weighted by Crippen LogP contribution is -2.48. The largest absolute Gasteiger partial charge is 0.684 e. The summed E-state index contributed by atoms with van der Waals surface area (Å²) in [4.78, 5) is 0. The second-order valence-corrected chi connectivity index (χ2v) is 16.4. The molecule has 0 atom stereocenters. The Bertz CT molecular complexity index is 2030. The lowest BCUT2D eigenvalue weighted by molar-refractivity contribution is 0.00370. The number of hydrogen-bond acceptors (Lipinski definition) is 4. The van der Waals surface area contributed by atoms with Crippen LogP contribution in [-0.2, 0) is 40.1 Å². The molecule has 276 valence electrons. The molecule has 0 saturated carbocycles. The first-order valence-electron chi connectivity index (χ1n) is 19.4. The molecule has 8 aromatic rings. The molecule has 8 aromatic carbocycles. The Hall–Kier alpha value is -6.18. The van der Waals surface area contributed by atoms with Crippen molar-refractivity contribution < 1.29 is 17.7 Å². The van der Waals surface area contributed by atoms with Gasteiger partial charge in [-0.25, -0.2) is 0 Å². The minimum Gasteiger partial charge on any atom is -0.333 e. The molecule has 10 rings (SSSR count). The molecular weight excluding hydrogens is 717 g/mol. The fourth-order valence-corrected chi connectivity index (χ4v) is 12.6. The van der Waals surface area contributed by atoms with Crippen LogP contribution in [0.1, 0.15) is 44.5 Å². The summed E-state index contributed by atoms with van der Waals surface area (Å²) in [5, 5.41) is 0. The van der Waals surface area contributed by atoms with E-state index in [1.54, 1.807) is 0 Å². The van der Waals surface area contributed by atoms with E-state index in [1.807, 2.05) is 48.5 Å². The van der Waals surface area contributed by atoms with Gasteiger partial charge in [0.1, 0.15) is 0 Å². The second-order valence-electron chi connectivity index (χ2n) is 14.6. The van der Waals surface area contributed by atoms with Gasteiger partial charge in [0.2, 0.25) is 0 Å². The Labute approximate surface area is 335 Å². The highest BCUT2D eigenvalue weighted by atomic mass is 28.4. The highest BCUT2D eigenvalue weighted by Crippen LogP contribution is 2.69. The van der Waals surface area contributed by atoms with Crippen LogP contribution in [0.3, 0.4) is 0 Å². The topological polar surface area (TPSA) is 36.9 Å². The maximum atomic E-state index is 8.06. The minimum absolute atomic E-state index is 0.905. The predicted molar refractivity (Wildman–Crippen MR) is 225 cm³/mol. The van der Waals surface area contributed by atoms with Crippen molar-refractivity contribution in [1.82, 2.24) is 0 Å². The van der Waals surface area contributed by atoms with Gasteiger partial charge in [-0.15, -0.1) is 0 Å². The van der Waals surface area contributed by atoms with Gasteiger partial charge in [-0.2, -0.15) is 0 Å². The molecule has 0 radical (unpaired) electrons. The molecule has 2 aliphatic rings. The molecule has 5 heteroatoms. The van der Waals surface area contributed by atoms with Crippen LogP contribution in [0.2, 0.25) is 0 Å². The van der Waals surface area contributed by atoms with E-state index in [4.69, 9.17) is 17.7 Å². The summed E-state index contributed by atoms with van der Waals surface area (Å²) >= 11 is 0. The zero-order chi connectivity index (χ0) is 38.2. The molecule has 0 bridgehead atoms. The number of benzene rings is 8. The number of rotatable bonds is 8. The van der Waals surface area contributed by atoms with Crippen molar-refractivity contribution in [1.29, 1.82) is 0 Å². The highest BCUT2D eigenvalue weighted by molar-refractivity contribution is 6.56. The lowest BCUT2D eigenvalue weighted by atomic mass is 9.66. The third kappa shape index (κ3) is 5.21. The van der Waals surface area contributed by atoms with Crippen molar-refractivity contribution in [3.63, 3.8) is 0 Å². The summed E-state index contributed by atoms with van der Waals surface area (Å²) < 4.78 is 32.3. The Morgan fingerprint density at radius 1 is 0.193 bits per heavy atom. The molecule has 2 heterocycles. The second kappa shape index (κ2) is 14.1. The summed E-state index contributed by atoms with van der Waals surface area (Å²) in [6, 6.07) is 83.3. The Morgan fingerprint density at radius 2 is 0.316 bits per heavy atom. The fourth-order valence-electron chi connectivity index (χ4n) is 9.31. The average molecular weight is 757 g/mol. The summed E-state index contributed by atoms with van der Waals surface area (Å²) in [7, 11) is -4.47. The van der Waals surface area contributed by atoms with Crippen molar-refractivity contribution in [3.05, 3.63) is 287 Å². The molecule has 2 aliphatic heterocycles. The van der Waals surface area contributed by atoms with Gasteiger partial charge in [0.15, 0.2) is 22.4 Å². The van der Waals surface area contributed by atoms with Crippen molar-refractivity contribution in [2.24, 2.45) is 0 Å². The van der Waals surface area contributed by atoms with Crippen molar-refractivity contribution in [3.8, 4) is 0 Å². The first-order valence-corrected chi connectivity index (χ1v) is 21.1. The molecule has 2 saturated heterocycles. The fraction of sp³-hybridized carbons (Fsp3) is 0.0769. The van der Waals surface area contributed by atoms with Gasteiger partial charge in [-0.1, -0.05) is 243 Å². The van der Waals surface area contributed by atoms with Gasteiger partial charge >= 0.3 is 9.05 Å². The maximum Gasteiger partial charge on any atom is 0.684 e. The lowest BCUT2D eigenvalue weighted by Gasteiger charge is -2.45. The van der Waals surface area contributed by atoms with E-state index in [9.17, 15) is 0 Å². The van der Waals surface area contributed by atoms with Crippen LogP contribution in [0.25, 0.3) is 0 Å². The van der Waals surface area contributed by atoms with Crippen LogP contribution >= 0.6 is 0 Å². The molecule has 0 N–H and O–H groups in total. The quantitative estimate of drug-likeness (QED) is 0.145. The molecule has 0 aromatic heterocycles. The zero-order valence-corrected chi connectivity index (χ0v) is 32.2. The SMILES string of the molecule is c1ccc(C2(c3ccccc3)O[Si]3(OC2(c2ccccc2)c2ccccc2)OC(c2ccccc2)(c2ccccc2)C(c2ccccc2)(c2ccccc2)O3)cc1. The third-order valence-corrected chi connectivity index (χ3v) is 13.8. The smallest absolute Gasteiger partial charge is 0.333 e. The summed E-state index contributed by atoms with van der Waals surface area (Å²) in [6.45, 7) is 0. The van der Waals surface area contributed by atoms with Crippen LogP contribution in [0, 0.1) is 0 Å². The van der Waals surface area contributed by atoms with Crippen LogP contribution < -0.4 is 0 Å². The highest BCUT2D eigenvalue weighted by Gasteiger charge is 2.83. The normalized spacial score (nSPS) is 18.2. The van der Waals surface area contributed by atoms with Gasteiger partial charge < -0.3 is 17.7 Å². The van der Waals surface area contributed by atoms with Gasteiger partial charge in [-0.05, 0) is 44.5 Å². The molecule has 1 spiro atoms. The zero-order valence-electron chi connectivity index (χ0n) is 31.2. The van der Waals surface area contributed by atoms with E-state index in [2.05, 4.69) is 194 Å². The summed E-state index contributed by atoms with van der Waals surface area (Å²) in [5.41, 5.74) is 1.99. The van der Waals surface area contributed by atoms with Gasteiger partial charge in [0.05, 0.1) is 0 Å². The molecule has 2 fully saturated rings. The monoisotopic (exact) mass is 756 g/mol. The van der Waals surface area contributed by atoms with E-state index in [-0.39, 0.29) is 0 Å². The summed E-state index contributed by atoms with van der Waals surface area (Å²) in [6.07, 6.45) is 0. The van der Waals surface area contributed by atoms with E-state index in [1.165, 1.54) is 0 Å². The van der Waals surface area contributed by atoms with Gasteiger partial charge in [0.25, 0.3) is 0 Å². The molecule has 4 nitrogen and oxygen atoms in total. The Kier molecular flexibility index (Phi) is 8.71. The maximum absolute atomic E-state index is 8.06. The Balaban J connectivity index is 1.38. The van der Waals surface area contributed by atoms with Crippen molar-refractivity contribution in [2.45, 2.75) is 22.4 Å². The average Bonchev–Trinajstić information content (AvgIpc) is 3.79. The van der Waals surface area contributed by atoms with Gasteiger partial charge in [-0.3, -0.25) is 0 Å². The molecular formula is C52H40O4Si. The minimum atomic E-state index is -4.47. The molecule has 0 unspecified atom stereocenters. The van der Waals surface area contributed by atoms with Crippen molar-refractivity contribution in [2.75, 3.05) is 0 Å². The number of hydrogen-bond donors (Lipinski definition) is 0. The van der Waals surface area contributed by atoms with E-state index < -0.39 is 31.5 Å². The first kappa shape index (κ1) is 35.2. The third-order valence-electron chi connectivity index (χ3n) is 11.5. The van der Waals surface area contributed by atoms with Gasteiger partial charge in [0, 0.05) is 0 Å². The summed E-state index contributed by atoms with van der Waals surface area (Å²) in [5.74, 6) is 0. The van der Waals surface area contributed by atoms with Crippen LogP contribution in [0.15, 0.2) is 243 Å². The van der Waals surface area contributed by atoms with Crippen LogP contribution in [-0.4, -0.2) is 9.05 Å². The van der Waals surface area contributed by atoms with E-state index >= 15 is 0 Å². The van der Waals surface area contributed by atoms with Crippen LogP contribution in [0.5, 0.6) is 0 Å². The van der Waals surface area contributed by atoms with E-state index in [0.717, 1.165) is 44.5 Å². The molecule has 0 amide bonds. The molecule has 0 aliphatic carbocycles. The molecule has 57 heavy (non-hydrogen) atoms. The first-order chi connectivity index (χ1) is 28.2. The van der Waals surface area contributed by atoms with Crippen molar-refractivity contribution >= 4 is 9.05 Å². The Morgan fingerprint density at radius 3 is 0.439 bits per heavy atom. The van der Waals surface area contributed by atoms with Crippen LogP contribution in [0.4, 0.5) is 0 Å². The van der Waals surface area contributed by atoms with E-state index in [0.29, 0.717) is 0 Å². The predicted octanol–water partition coefficient (Wildman–Crippen LogP) is 11.3. The standard InChI is InChI=1S/C52H40O4Si/c1-9-25-41(26-10-1)49(42-27-11-2-12-28-42)50(43-29-13-3-14-30-43,44-31-15-4-16-32-44)54-57(53-49)55-51(45-33-17-5-18-34-45,46-35-19-6-20-36-46)52(56-57,47-37-21-7-22-38-47)48-39-23-8-24-40-48/h1-40H.